The van der Waals surface area contributed by atoms with E-state index in [-0.39, 0.29) is 25.0 Å². The predicted molar refractivity (Wildman–Crippen MR) is 108 cm³/mol. The summed E-state index contributed by atoms with van der Waals surface area (Å²) in [5, 5.41) is 6.21. The summed E-state index contributed by atoms with van der Waals surface area (Å²) in [5.74, 6) is 0.117. The van der Waals surface area contributed by atoms with E-state index in [1.165, 1.54) is 7.11 Å². The van der Waals surface area contributed by atoms with E-state index >= 15 is 0 Å². The summed E-state index contributed by atoms with van der Waals surface area (Å²) < 4.78 is 6.65. The third-order valence-corrected chi connectivity index (χ3v) is 4.37. The van der Waals surface area contributed by atoms with Crippen LogP contribution in [0.4, 0.5) is 5.69 Å². The Morgan fingerprint density at radius 2 is 1.96 bits per heavy atom. The monoisotopic (exact) mass is 400 g/mol. The van der Waals surface area contributed by atoms with Crippen molar-refractivity contribution in [3.05, 3.63) is 59.4 Å². The Morgan fingerprint density at radius 1 is 1.18 bits per heavy atom. The van der Waals surface area contributed by atoms with Crippen molar-refractivity contribution in [3.63, 3.8) is 0 Å². The number of carbonyl (C=O) groups excluding carboxylic acids is 2. The number of carbonyl (C=O) groups is 2. The van der Waals surface area contributed by atoms with Crippen molar-refractivity contribution in [2.24, 2.45) is 0 Å². The molecule has 3 rings (SSSR count). The molecule has 2 N–H and O–H groups in total. The second kappa shape index (κ2) is 8.86. The van der Waals surface area contributed by atoms with Gasteiger partial charge in [-0.15, -0.1) is 0 Å². The first kappa shape index (κ1) is 19.9. The minimum Gasteiger partial charge on any atom is -0.375 e. The Morgan fingerprint density at radius 3 is 2.71 bits per heavy atom. The van der Waals surface area contributed by atoms with Crippen LogP contribution in [0.3, 0.4) is 0 Å². The van der Waals surface area contributed by atoms with Gasteiger partial charge in [0.1, 0.15) is 19.0 Å². The number of benzene rings is 2. The highest BCUT2D eigenvalue weighted by Gasteiger charge is 2.20. The number of nitrogens with zero attached hydrogens (tertiary/aromatic N) is 2. The van der Waals surface area contributed by atoms with Crippen LogP contribution in [0.15, 0.2) is 48.5 Å². The van der Waals surface area contributed by atoms with Crippen molar-refractivity contribution in [1.29, 1.82) is 0 Å². The molecule has 0 bridgehead atoms. The van der Waals surface area contributed by atoms with E-state index in [4.69, 9.17) is 16.3 Å². The number of imidazole rings is 1. The molecule has 0 aliphatic heterocycles. The summed E-state index contributed by atoms with van der Waals surface area (Å²) >= 11 is 5.97. The third-order valence-electron chi connectivity index (χ3n) is 4.13. The lowest BCUT2D eigenvalue weighted by Gasteiger charge is -2.16. The van der Waals surface area contributed by atoms with Crippen molar-refractivity contribution in [3.8, 4) is 0 Å². The van der Waals surface area contributed by atoms with E-state index in [0.29, 0.717) is 16.5 Å². The van der Waals surface area contributed by atoms with Crippen LogP contribution in [0.2, 0.25) is 5.02 Å². The molecule has 28 heavy (non-hydrogen) atoms. The molecule has 1 unspecified atom stereocenters. The van der Waals surface area contributed by atoms with Gasteiger partial charge in [-0.05, 0) is 37.3 Å². The molecule has 0 aliphatic rings. The highest BCUT2D eigenvalue weighted by Crippen LogP contribution is 2.21. The smallest absolute Gasteiger partial charge is 0.246 e. The number of anilines is 1. The van der Waals surface area contributed by atoms with Gasteiger partial charge in [-0.25, -0.2) is 4.98 Å². The van der Waals surface area contributed by atoms with E-state index in [0.717, 1.165) is 11.0 Å². The fraction of sp³-hybridized carbons (Fsp3) is 0.250. The Balaban J connectivity index is 1.86. The van der Waals surface area contributed by atoms with Gasteiger partial charge < -0.3 is 19.9 Å². The normalized spacial score (nSPS) is 12.0. The summed E-state index contributed by atoms with van der Waals surface area (Å²) in [6.07, 6.45) is 0. The zero-order chi connectivity index (χ0) is 20.1. The van der Waals surface area contributed by atoms with E-state index in [1.807, 2.05) is 31.2 Å². The summed E-state index contributed by atoms with van der Waals surface area (Å²) in [6.45, 7) is 1.83. The summed E-state index contributed by atoms with van der Waals surface area (Å²) in [6, 6.07) is 14.1. The zero-order valence-corrected chi connectivity index (χ0v) is 16.4. The van der Waals surface area contributed by atoms with Crippen LogP contribution in [0, 0.1) is 0 Å². The van der Waals surface area contributed by atoms with Crippen LogP contribution in [-0.4, -0.2) is 35.1 Å². The van der Waals surface area contributed by atoms with Gasteiger partial charge in [0.2, 0.25) is 11.8 Å². The maximum absolute atomic E-state index is 12.6. The summed E-state index contributed by atoms with van der Waals surface area (Å²) in [5.41, 5.74) is 2.18. The number of fused-ring (bicyclic) bond motifs is 1. The minimum absolute atomic E-state index is 0.0418. The standard InChI is InChI=1S/C20H21ClN4O3/c1-13(22-19(27)12-28-2)20-24-16-8-3-4-9-17(16)25(20)11-18(26)23-15-7-5-6-14(21)10-15/h3-10,13H,11-12H2,1-2H3,(H,22,27)(H,23,26). The van der Waals surface area contributed by atoms with Gasteiger partial charge in [0.15, 0.2) is 0 Å². The molecule has 0 saturated carbocycles. The zero-order valence-electron chi connectivity index (χ0n) is 15.6. The number of para-hydroxylation sites is 2. The van der Waals surface area contributed by atoms with E-state index in [1.54, 1.807) is 28.8 Å². The van der Waals surface area contributed by atoms with E-state index in [9.17, 15) is 9.59 Å². The molecule has 0 saturated heterocycles. The Labute approximate surface area is 167 Å². The van der Waals surface area contributed by atoms with Crippen LogP contribution in [-0.2, 0) is 20.9 Å². The molecule has 146 valence electrons. The molecule has 0 aliphatic carbocycles. The highest BCUT2D eigenvalue weighted by atomic mass is 35.5. The van der Waals surface area contributed by atoms with Crippen LogP contribution >= 0.6 is 11.6 Å². The van der Waals surface area contributed by atoms with Gasteiger partial charge in [-0.3, -0.25) is 9.59 Å². The second-order valence-electron chi connectivity index (χ2n) is 6.33. The van der Waals surface area contributed by atoms with Gasteiger partial charge in [0, 0.05) is 17.8 Å². The van der Waals surface area contributed by atoms with Gasteiger partial charge in [0.05, 0.1) is 17.1 Å². The largest absolute Gasteiger partial charge is 0.375 e. The minimum atomic E-state index is -0.394. The van der Waals surface area contributed by atoms with Gasteiger partial charge in [-0.2, -0.15) is 0 Å². The molecule has 3 aromatic rings. The molecule has 2 aromatic carbocycles. The quantitative estimate of drug-likeness (QED) is 0.638. The second-order valence-corrected chi connectivity index (χ2v) is 6.76. The number of amides is 2. The van der Waals surface area contributed by atoms with Crippen molar-refractivity contribution < 1.29 is 14.3 Å². The number of rotatable bonds is 7. The number of hydrogen-bond donors (Lipinski definition) is 2. The molecule has 8 heteroatoms. The Kier molecular flexibility index (Phi) is 6.28. The Bertz CT molecular complexity index is 1000. The number of nitrogens with one attached hydrogen (secondary N) is 2. The molecule has 0 radical (unpaired) electrons. The topological polar surface area (TPSA) is 85.2 Å². The fourth-order valence-corrected chi connectivity index (χ4v) is 3.17. The highest BCUT2D eigenvalue weighted by molar-refractivity contribution is 6.30. The lowest BCUT2D eigenvalue weighted by Crippen LogP contribution is -2.32. The molecule has 1 atom stereocenters. The lowest BCUT2D eigenvalue weighted by atomic mass is 10.3. The number of methoxy groups -OCH3 is 1. The molecule has 7 nitrogen and oxygen atoms in total. The molecule has 1 aromatic heterocycles. The van der Waals surface area contributed by atoms with Crippen LogP contribution in [0.1, 0.15) is 18.8 Å². The third kappa shape index (κ3) is 4.68. The molecule has 2 amide bonds. The fourth-order valence-electron chi connectivity index (χ4n) is 2.98. The molecule has 0 spiro atoms. The maximum Gasteiger partial charge on any atom is 0.246 e. The number of halogens is 1. The van der Waals surface area contributed by atoms with E-state index in [2.05, 4.69) is 15.6 Å². The van der Waals surface area contributed by atoms with Gasteiger partial charge in [-0.1, -0.05) is 29.8 Å². The molecule has 1 heterocycles. The number of ether oxygens (including phenoxy) is 1. The van der Waals surface area contributed by atoms with Crippen molar-refractivity contribution in [2.75, 3.05) is 19.0 Å². The van der Waals surface area contributed by atoms with Crippen LogP contribution in [0.25, 0.3) is 11.0 Å². The van der Waals surface area contributed by atoms with Crippen molar-refractivity contribution >= 4 is 40.1 Å². The SMILES string of the molecule is COCC(=O)NC(C)c1nc2ccccc2n1CC(=O)Nc1cccc(Cl)c1. The number of hydrogen-bond acceptors (Lipinski definition) is 4. The summed E-state index contributed by atoms with van der Waals surface area (Å²) in [7, 11) is 1.46. The van der Waals surface area contributed by atoms with Crippen molar-refractivity contribution in [2.45, 2.75) is 19.5 Å². The average molecular weight is 401 g/mol. The van der Waals surface area contributed by atoms with E-state index < -0.39 is 6.04 Å². The molecular weight excluding hydrogens is 380 g/mol. The average Bonchev–Trinajstić information content (AvgIpc) is 3.00. The summed E-state index contributed by atoms with van der Waals surface area (Å²) in [4.78, 5) is 29.1. The first-order valence-electron chi connectivity index (χ1n) is 8.77. The predicted octanol–water partition coefficient (Wildman–Crippen LogP) is 3.15. The van der Waals surface area contributed by atoms with Crippen LogP contribution in [0.5, 0.6) is 0 Å². The van der Waals surface area contributed by atoms with Crippen molar-refractivity contribution in [1.82, 2.24) is 14.9 Å². The molecule has 0 fully saturated rings. The number of aromatic nitrogens is 2. The first-order valence-corrected chi connectivity index (χ1v) is 9.14. The first-order chi connectivity index (χ1) is 13.5. The van der Waals surface area contributed by atoms with Gasteiger partial charge >= 0.3 is 0 Å². The lowest BCUT2D eigenvalue weighted by molar-refractivity contribution is -0.125. The molecular formula is C20H21ClN4O3. The Hall–Kier alpha value is -2.90. The van der Waals surface area contributed by atoms with Gasteiger partial charge in [0.25, 0.3) is 0 Å². The van der Waals surface area contributed by atoms with Crippen LogP contribution < -0.4 is 10.6 Å². The maximum atomic E-state index is 12.6.